The molecule has 0 saturated carbocycles. The lowest BCUT2D eigenvalue weighted by atomic mass is 10.4. The fourth-order valence-corrected chi connectivity index (χ4v) is 3.25. The Hall–Kier alpha value is -0.670. The molecule has 0 bridgehead atoms. The number of hydrogen-bond acceptors (Lipinski definition) is 4. The van der Waals surface area contributed by atoms with Crippen LogP contribution in [-0.2, 0) is 20.0 Å². The van der Waals surface area contributed by atoms with E-state index in [1.54, 1.807) is 0 Å². The summed E-state index contributed by atoms with van der Waals surface area (Å²) in [6.07, 6.45) is 0. The van der Waals surface area contributed by atoms with Crippen LogP contribution in [0.1, 0.15) is 6.92 Å². The quantitative estimate of drug-likeness (QED) is 0.816. The molecule has 9 heteroatoms. The summed E-state index contributed by atoms with van der Waals surface area (Å²) in [5.74, 6) is -0.215. The maximum atomic E-state index is 12.0. The van der Waals surface area contributed by atoms with E-state index in [0.717, 1.165) is 7.05 Å². The van der Waals surface area contributed by atoms with Gasteiger partial charge in [0.1, 0.15) is 0 Å². The van der Waals surface area contributed by atoms with Crippen molar-refractivity contribution in [1.29, 1.82) is 0 Å². The molecule has 1 aromatic carbocycles. The Morgan fingerprint density at radius 3 is 2.11 bits per heavy atom. The minimum Gasteiger partial charge on any atom is -0.211 e. The third-order valence-electron chi connectivity index (χ3n) is 2.12. The molecule has 6 nitrogen and oxygen atoms in total. The zero-order chi connectivity index (χ0) is 14.0. The second-order valence-electron chi connectivity index (χ2n) is 3.42. The van der Waals surface area contributed by atoms with Crippen molar-refractivity contribution in [3.63, 3.8) is 0 Å². The van der Waals surface area contributed by atoms with E-state index < -0.39 is 20.0 Å². The van der Waals surface area contributed by atoms with Gasteiger partial charge in [0, 0.05) is 12.1 Å². The predicted molar refractivity (Wildman–Crippen MR) is 69.0 cm³/mol. The molecule has 0 aliphatic carbocycles. The van der Waals surface area contributed by atoms with Crippen molar-refractivity contribution >= 4 is 31.6 Å². The van der Waals surface area contributed by atoms with Crippen LogP contribution in [0.3, 0.4) is 0 Å². The lowest BCUT2D eigenvalue weighted by Crippen LogP contribution is -2.43. The normalized spacial score (nSPS) is 12.9. The van der Waals surface area contributed by atoms with E-state index in [1.807, 2.05) is 4.83 Å². The molecule has 1 aromatic rings. The van der Waals surface area contributed by atoms with Gasteiger partial charge < -0.3 is 0 Å². The summed E-state index contributed by atoms with van der Waals surface area (Å²) in [6.45, 7) is 1.41. The topological polar surface area (TPSA) is 83.6 Å². The van der Waals surface area contributed by atoms with E-state index in [4.69, 9.17) is 11.6 Å². The standard InChI is InChI=1S/C9H13ClN2O4S2/c1-3-17(13,14)11-12(2)18(15,16)9-6-4-8(10)5-7-9/h4-7,11H,3H2,1-2H3. The van der Waals surface area contributed by atoms with Gasteiger partial charge >= 0.3 is 0 Å². The zero-order valence-electron chi connectivity index (χ0n) is 9.79. The van der Waals surface area contributed by atoms with Crippen molar-refractivity contribution in [3.05, 3.63) is 29.3 Å². The van der Waals surface area contributed by atoms with Gasteiger partial charge in [0.2, 0.25) is 10.0 Å². The Kier molecular flexibility index (Phi) is 4.73. The molecule has 0 saturated heterocycles. The minimum atomic E-state index is -3.91. The molecular weight excluding hydrogens is 300 g/mol. The molecular formula is C9H13ClN2O4S2. The van der Waals surface area contributed by atoms with Crippen LogP contribution in [0.4, 0.5) is 0 Å². The van der Waals surface area contributed by atoms with Gasteiger partial charge in [-0.2, -0.15) is 0 Å². The second-order valence-corrected chi connectivity index (χ2v) is 7.82. The summed E-state index contributed by atoms with van der Waals surface area (Å²) in [7, 11) is -6.44. The van der Waals surface area contributed by atoms with Gasteiger partial charge in [-0.25, -0.2) is 16.8 Å². The van der Waals surface area contributed by atoms with Crippen LogP contribution >= 0.6 is 11.6 Å². The molecule has 0 amide bonds. The number of hydrogen-bond donors (Lipinski definition) is 1. The third kappa shape index (κ3) is 3.66. The zero-order valence-corrected chi connectivity index (χ0v) is 12.2. The second kappa shape index (κ2) is 5.54. The molecule has 1 rings (SSSR count). The number of sulfonamides is 2. The number of benzene rings is 1. The van der Waals surface area contributed by atoms with Gasteiger partial charge in [0.25, 0.3) is 10.0 Å². The molecule has 0 aliphatic heterocycles. The van der Waals surface area contributed by atoms with E-state index in [9.17, 15) is 16.8 Å². The first-order valence-corrected chi connectivity index (χ1v) is 8.40. The van der Waals surface area contributed by atoms with Crippen LogP contribution in [-0.4, -0.2) is 34.1 Å². The molecule has 0 spiro atoms. The van der Waals surface area contributed by atoms with E-state index in [2.05, 4.69) is 0 Å². The van der Waals surface area contributed by atoms with Gasteiger partial charge in [-0.05, 0) is 31.2 Å². The molecule has 0 heterocycles. The van der Waals surface area contributed by atoms with Crippen molar-refractivity contribution in [3.8, 4) is 0 Å². The first-order chi connectivity index (χ1) is 8.19. The van der Waals surface area contributed by atoms with Crippen molar-refractivity contribution < 1.29 is 16.8 Å². The van der Waals surface area contributed by atoms with Gasteiger partial charge in [-0.3, -0.25) is 0 Å². The van der Waals surface area contributed by atoms with Gasteiger partial charge in [-0.1, -0.05) is 11.6 Å². The van der Waals surface area contributed by atoms with Crippen molar-refractivity contribution in [1.82, 2.24) is 9.25 Å². The molecule has 18 heavy (non-hydrogen) atoms. The Labute approximate surface area is 112 Å². The minimum absolute atomic E-state index is 0.0480. The van der Waals surface area contributed by atoms with Crippen molar-refractivity contribution in [2.75, 3.05) is 12.8 Å². The highest BCUT2D eigenvalue weighted by atomic mass is 35.5. The summed E-state index contributed by atoms with van der Waals surface area (Å²) in [5.41, 5.74) is 0. The molecule has 1 N–H and O–H groups in total. The van der Waals surface area contributed by atoms with E-state index in [0.29, 0.717) is 9.44 Å². The summed E-state index contributed by atoms with van der Waals surface area (Å²) in [4.78, 5) is 1.90. The molecule has 0 aromatic heterocycles. The van der Waals surface area contributed by atoms with Crippen LogP contribution in [0.2, 0.25) is 5.02 Å². The monoisotopic (exact) mass is 312 g/mol. The lowest BCUT2D eigenvalue weighted by Gasteiger charge is -2.17. The highest BCUT2D eigenvalue weighted by molar-refractivity contribution is 7.92. The molecule has 0 aliphatic rings. The predicted octanol–water partition coefficient (Wildman–Crippen LogP) is 0.815. The van der Waals surface area contributed by atoms with Crippen LogP contribution in [0.15, 0.2) is 29.2 Å². The molecule has 0 atom stereocenters. The van der Waals surface area contributed by atoms with Gasteiger partial charge in [-0.15, -0.1) is 9.25 Å². The first-order valence-electron chi connectivity index (χ1n) is 4.93. The molecule has 0 unspecified atom stereocenters. The number of hydrazine groups is 1. The number of halogens is 1. The van der Waals surface area contributed by atoms with Crippen LogP contribution in [0, 0.1) is 0 Å². The van der Waals surface area contributed by atoms with E-state index in [-0.39, 0.29) is 10.6 Å². The number of nitrogens with one attached hydrogen (secondary N) is 1. The highest BCUT2D eigenvalue weighted by Crippen LogP contribution is 2.16. The van der Waals surface area contributed by atoms with Gasteiger partial charge in [0.15, 0.2) is 0 Å². The van der Waals surface area contributed by atoms with E-state index in [1.165, 1.54) is 31.2 Å². The Bertz CT molecular complexity index is 610. The Morgan fingerprint density at radius 1 is 1.17 bits per heavy atom. The average Bonchev–Trinajstić information content (AvgIpc) is 2.29. The summed E-state index contributed by atoms with van der Waals surface area (Å²) < 4.78 is 47.2. The third-order valence-corrected chi connectivity index (χ3v) is 5.48. The summed E-state index contributed by atoms with van der Waals surface area (Å²) >= 11 is 5.65. The van der Waals surface area contributed by atoms with Crippen molar-refractivity contribution in [2.45, 2.75) is 11.8 Å². The fraction of sp³-hybridized carbons (Fsp3) is 0.333. The Balaban J connectivity index is 3.04. The van der Waals surface area contributed by atoms with Crippen LogP contribution in [0.5, 0.6) is 0 Å². The SMILES string of the molecule is CCS(=O)(=O)NN(C)S(=O)(=O)c1ccc(Cl)cc1. The summed E-state index contributed by atoms with van der Waals surface area (Å²) in [6, 6.07) is 5.43. The highest BCUT2D eigenvalue weighted by Gasteiger charge is 2.24. The van der Waals surface area contributed by atoms with Gasteiger partial charge in [0.05, 0.1) is 10.6 Å². The van der Waals surface area contributed by atoms with Crippen LogP contribution in [0.25, 0.3) is 0 Å². The first kappa shape index (κ1) is 15.4. The maximum Gasteiger partial charge on any atom is 0.256 e. The molecule has 102 valence electrons. The molecule has 0 fully saturated rings. The average molecular weight is 313 g/mol. The smallest absolute Gasteiger partial charge is 0.211 e. The maximum absolute atomic E-state index is 12.0. The largest absolute Gasteiger partial charge is 0.256 e. The fourth-order valence-electron chi connectivity index (χ4n) is 1.07. The van der Waals surface area contributed by atoms with E-state index >= 15 is 0 Å². The summed E-state index contributed by atoms with van der Waals surface area (Å²) in [5, 5.41) is 0.394. The Morgan fingerprint density at radius 2 is 1.67 bits per heavy atom. The lowest BCUT2D eigenvalue weighted by molar-refractivity contribution is 0.432. The molecule has 0 radical (unpaired) electrons. The van der Waals surface area contributed by atoms with Crippen molar-refractivity contribution in [2.24, 2.45) is 0 Å². The number of rotatable bonds is 5. The number of nitrogens with zero attached hydrogens (tertiary/aromatic N) is 1. The van der Waals surface area contributed by atoms with Crippen LogP contribution < -0.4 is 4.83 Å².